The van der Waals surface area contributed by atoms with E-state index < -0.39 is 15.8 Å². The zero-order valence-electron chi connectivity index (χ0n) is 13.7. The Kier molecular flexibility index (Phi) is 7.38. The maximum absolute atomic E-state index is 13.3. The Morgan fingerprint density at radius 2 is 1.88 bits per heavy atom. The van der Waals surface area contributed by atoms with Crippen LogP contribution in [0.2, 0.25) is 5.02 Å². The van der Waals surface area contributed by atoms with Crippen molar-refractivity contribution in [1.82, 2.24) is 10.0 Å². The molecule has 0 unspecified atom stereocenters. The highest BCUT2D eigenvalue weighted by Gasteiger charge is 2.13. The van der Waals surface area contributed by atoms with Crippen molar-refractivity contribution in [1.29, 1.82) is 0 Å². The number of nitrogens with one attached hydrogen (secondary N) is 2. The fourth-order valence-corrected chi connectivity index (χ4v) is 3.34. The van der Waals surface area contributed by atoms with Gasteiger partial charge in [-0.1, -0.05) is 29.8 Å². The molecule has 1 amide bonds. The van der Waals surface area contributed by atoms with Crippen molar-refractivity contribution >= 4 is 27.5 Å². The molecule has 0 atom stereocenters. The monoisotopic (exact) mass is 400 g/mol. The SMILES string of the molecule is O=C(CCOc1ccccc1F)NCCNS(=O)(=O)c1cccc(Cl)c1. The van der Waals surface area contributed by atoms with Crippen LogP contribution in [0, 0.1) is 5.82 Å². The van der Waals surface area contributed by atoms with Crippen LogP contribution in [-0.2, 0) is 14.8 Å². The predicted molar refractivity (Wildman–Crippen MR) is 96.2 cm³/mol. The van der Waals surface area contributed by atoms with Gasteiger partial charge in [-0.15, -0.1) is 0 Å². The predicted octanol–water partition coefficient (Wildman–Crippen LogP) is 2.34. The van der Waals surface area contributed by atoms with Crippen molar-refractivity contribution < 1.29 is 22.3 Å². The summed E-state index contributed by atoms with van der Waals surface area (Å²) in [6, 6.07) is 11.8. The fraction of sp³-hybridized carbons (Fsp3) is 0.235. The normalized spacial score (nSPS) is 11.2. The first kappa shape index (κ1) is 20.2. The number of halogens is 2. The molecule has 0 aliphatic heterocycles. The summed E-state index contributed by atoms with van der Waals surface area (Å²) in [4.78, 5) is 11.7. The number of para-hydroxylation sites is 1. The average Bonchev–Trinajstić information content (AvgIpc) is 2.60. The summed E-state index contributed by atoms with van der Waals surface area (Å²) in [6.07, 6.45) is 0.0232. The highest BCUT2D eigenvalue weighted by Crippen LogP contribution is 2.16. The van der Waals surface area contributed by atoms with Gasteiger partial charge in [0.1, 0.15) is 0 Å². The van der Waals surface area contributed by atoms with E-state index in [0.29, 0.717) is 5.02 Å². The summed E-state index contributed by atoms with van der Waals surface area (Å²) in [6.45, 7) is 0.147. The van der Waals surface area contributed by atoms with Crippen molar-refractivity contribution in [2.24, 2.45) is 0 Å². The van der Waals surface area contributed by atoms with E-state index in [1.807, 2.05) is 0 Å². The van der Waals surface area contributed by atoms with Crippen LogP contribution in [0.25, 0.3) is 0 Å². The maximum Gasteiger partial charge on any atom is 0.240 e. The number of ether oxygens (including phenoxy) is 1. The van der Waals surface area contributed by atoms with E-state index >= 15 is 0 Å². The number of carbonyl (C=O) groups excluding carboxylic acids is 1. The number of hydrogen-bond acceptors (Lipinski definition) is 4. The summed E-state index contributed by atoms with van der Waals surface area (Å²) in [5.74, 6) is -0.749. The molecule has 0 fully saturated rings. The second-order valence-corrected chi connectivity index (χ2v) is 7.44. The van der Waals surface area contributed by atoms with Crippen molar-refractivity contribution in [2.75, 3.05) is 19.7 Å². The number of hydrogen-bond donors (Lipinski definition) is 2. The number of amides is 1. The van der Waals surface area contributed by atoms with E-state index in [1.165, 1.54) is 30.3 Å². The lowest BCUT2D eigenvalue weighted by molar-refractivity contribution is -0.121. The van der Waals surface area contributed by atoms with Gasteiger partial charge in [0.15, 0.2) is 11.6 Å². The van der Waals surface area contributed by atoms with Crippen molar-refractivity contribution in [3.8, 4) is 5.75 Å². The quantitative estimate of drug-likeness (QED) is 0.633. The maximum atomic E-state index is 13.3. The summed E-state index contributed by atoms with van der Waals surface area (Å²) in [5.41, 5.74) is 0. The Labute approximate surface area is 156 Å². The number of rotatable bonds is 9. The molecule has 9 heteroatoms. The minimum atomic E-state index is -3.69. The fourth-order valence-electron chi connectivity index (χ4n) is 2.01. The van der Waals surface area contributed by atoms with Gasteiger partial charge in [-0.3, -0.25) is 4.79 Å². The molecule has 0 saturated heterocycles. The molecular weight excluding hydrogens is 383 g/mol. The molecule has 0 saturated carbocycles. The van der Waals surface area contributed by atoms with Gasteiger partial charge in [0.25, 0.3) is 0 Å². The zero-order valence-corrected chi connectivity index (χ0v) is 15.3. The van der Waals surface area contributed by atoms with E-state index in [0.717, 1.165) is 0 Å². The summed E-state index contributed by atoms with van der Waals surface area (Å²) in [5, 5.41) is 2.87. The molecule has 0 aromatic heterocycles. The average molecular weight is 401 g/mol. The molecule has 2 N–H and O–H groups in total. The van der Waals surface area contributed by atoms with Crippen LogP contribution in [0.15, 0.2) is 53.4 Å². The highest BCUT2D eigenvalue weighted by molar-refractivity contribution is 7.89. The largest absolute Gasteiger partial charge is 0.490 e. The summed E-state index contributed by atoms with van der Waals surface area (Å²) in [7, 11) is -3.69. The first-order valence-electron chi connectivity index (χ1n) is 7.78. The van der Waals surface area contributed by atoms with Crippen LogP contribution in [0.3, 0.4) is 0 Å². The Hall–Kier alpha value is -2.16. The smallest absolute Gasteiger partial charge is 0.240 e. The lowest BCUT2D eigenvalue weighted by Gasteiger charge is -2.09. The molecule has 0 spiro atoms. The molecule has 2 rings (SSSR count). The minimum absolute atomic E-state index is 0.0149. The van der Waals surface area contributed by atoms with Crippen LogP contribution in [-0.4, -0.2) is 34.0 Å². The van der Waals surface area contributed by atoms with E-state index in [-0.39, 0.29) is 42.7 Å². The Bertz CT molecular complexity index is 861. The minimum Gasteiger partial charge on any atom is -0.490 e. The first-order chi connectivity index (χ1) is 12.4. The van der Waals surface area contributed by atoms with Gasteiger partial charge in [-0.05, 0) is 30.3 Å². The summed E-state index contributed by atoms with van der Waals surface area (Å²) >= 11 is 5.77. The number of benzene rings is 2. The standard InChI is InChI=1S/C17H18ClFN2O4S/c18-13-4-3-5-14(12-13)26(23,24)21-10-9-20-17(22)8-11-25-16-7-2-1-6-15(16)19/h1-7,12,21H,8-11H2,(H,20,22). The van der Waals surface area contributed by atoms with Gasteiger partial charge in [0.2, 0.25) is 15.9 Å². The summed E-state index contributed by atoms with van der Waals surface area (Å²) < 4.78 is 45.0. The van der Waals surface area contributed by atoms with E-state index in [2.05, 4.69) is 10.0 Å². The lowest BCUT2D eigenvalue weighted by atomic mass is 10.3. The van der Waals surface area contributed by atoms with Gasteiger partial charge in [-0.25, -0.2) is 17.5 Å². The Balaban J connectivity index is 1.68. The topological polar surface area (TPSA) is 84.5 Å². The zero-order chi connectivity index (χ0) is 19.0. The molecule has 0 bridgehead atoms. The van der Waals surface area contributed by atoms with E-state index in [4.69, 9.17) is 16.3 Å². The second kappa shape index (κ2) is 9.51. The third kappa shape index (κ3) is 6.29. The van der Waals surface area contributed by atoms with Crippen LogP contribution in [0.4, 0.5) is 4.39 Å². The van der Waals surface area contributed by atoms with Gasteiger partial charge in [0, 0.05) is 18.1 Å². The molecule has 140 valence electrons. The van der Waals surface area contributed by atoms with Gasteiger partial charge < -0.3 is 10.1 Å². The van der Waals surface area contributed by atoms with E-state index in [9.17, 15) is 17.6 Å². The molecule has 6 nitrogen and oxygen atoms in total. The molecule has 0 radical (unpaired) electrons. The molecule has 26 heavy (non-hydrogen) atoms. The molecule has 2 aromatic carbocycles. The third-order valence-electron chi connectivity index (χ3n) is 3.27. The third-order valence-corrected chi connectivity index (χ3v) is 4.96. The highest BCUT2D eigenvalue weighted by atomic mass is 35.5. The van der Waals surface area contributed by atoms with Crippen LogP contribution in [0.5, 0.6) is 5.75 Å². The lowest BCUT2D eigenvalue weighted by Crippen LogP contribution is -2.35. The van der Waals surface area contributed by atoms with Crippen molar-refractivity contribution in [3.05, 3.63) is 59.4 Å². The van der Waals surface area contributed by atoms with Crippen LogP contribution >= 0.6 is 11.6 Å². The van der Waals surface area contributed by atoms with Crippen LogP contribution in [0.1, 0.15) is 6.42 Å². The molecular formula is C17H18ClFN2O4S. The Morgan fingerprint density at radius 3 is 2.62 bits per heavy atom. The second-order valence-electron chi connectivity index (χ2n) is 5.23. The Morgan fingerprint density at radius 1 is 1.12 bits per heavy atom. The van der Waals surface area contributed by atoms with Gasteiger partial charge >= 0.3 is 0 Å². The van der Waals surface area contributed by atoms with E-state index in [1.54, 1.807) is 18.2 Å². The van der Waals surface area contributed by atoms with Gasteiger partial charge in [0.05, 0.1) is 17.9 Å². The first-order valence-corrected chi connectivity index (χ1v) is 9.64. The van der Waals surface area contributed by atoms with Crippen molar-refractivity contribution in [2.45, 2.75) is 11.3 Å². The van der Waals surface area contributed by atoms with Gasteiger partial charge in [-0.2, -0.15) is 0 Å². The molecule has 0 aliphatic carbocycles. The molecule has 0 heterocycles. The van der Waals surface area contributed by atoms with Crippen LogP contribution < -0.4 is 14.8 Å². The molecule has 2 aromatic rings. The number of carbonyl (C=O) groups is 1. The van der Waals surface area contributed by atoms with Crippen molar-refractivity contribution in [3.63, 3.8) is 0 Å². The molecule has 0 aliphatic rings. The number of sulfonamides is 1.